The SMILES string of the molecule is CCCN1CCNC[C@H]1CC. The zero-order chi connectivity index (χ0) is 8.10. The molecule has 0 spiro atoms. The molecule has 2 heteroatoms. The van der Waals surface area contributed by atoms with Crippen LogP contribution in [0.2, 0.25) is 0 Å². The van der Waals surface area contributed by atoms with Gasteiger partial charge in [-0.25, -0.2) is 0 Å². The van der Waals surface area contributed by atoms with Crippen molar-refractivity contribution < 1.29 is 0 Å². The van der Waals surface area contributed by atoms with Crippen molar-refractivity contribution in [1.82, 2.24) is 10.2 Å². The number of hydrogen-bond acceptors (Lipinski definition) is 2. The average Bonchev–Trinajstić information content (AvgIpc) is 2.06. The molecule has 0 amide bonds. The monoisotopic (exact) mass is 156 g/mol. The van der Waals surface area contributed by atoms with Crippen LogP contribution >= 0.6 is 0 Å². The second-order valence-corrected chi connectivity index (χ2v) is 3.30. The molecule has 0 aromatic rings. The highest BCUT2D eigenvalue weighted by Gasteiger charge is 2.18. The Kier molecular flexibility index (Phi) is 3.87. The molecule has 1 aliphatic rings. The molecule has 0 saturated carbocycles. The van der Waals surface area contributed by atoms with E-state index in [2.05, 4.69) is 24.1 Å². The van der Waals surface area contributed by atoms with E-state index in [4.69, 9.17) is 0 Å². The van der Waals surface area contributed by atoms with E-state index in [1.165, 1.54) is 39.0 Å². The Morgan fingerprint density at radius 2 is 2.27 bits per heavy atom. The van der Waals surface area contributed by atoms with Crippen LogP contribution in [0.4, 0.5) is 0 Å². The van der Waals surface area contributed by atoms with Crippen molar-refractivity contribution in [3.05, 3.63) is 0 Å². The van der Waals surface area contributed by atoms with Crippen LogP contribution in [-0.4, -0.2) is 37.1 Å². The van der Waals surface area contributed by atoms with Gasteiger partial charge in [-0.15, -0.1) is 0 Å². The summed E-state index contributed by atoms with van der Waals surface area (Å²) in [5.41, 5.74) is 0. The Balaban J connectivity index is 2.31. The van der Waals surface area contributed by atoms with E-state index in [9.17, 15) is 0 Å². The van der Waals surface area contributed by atoms with Crippen LogP contribution in [0.1, 0.15) is 26.7 Å². The fourth-order valence-electron chi connectivity index (χ4n) is 1.79. The summed E-state index contributed by atoms with van der Waals surface area (Å²) in [4.78, 5) is 2.61. The van der Waals surface area contributed by atoms with Gasteiger partial charge in [-0.1, -0.05) is 13.8 Å². The van der Waals surface area contributed by atoms with Crippen LogP contribution in [-0.2, 0) is 0 Å². The second-order valence-electron chi connectivity index (χ2n) is 3.30. The summed E-state index contributed by atoms with van der Waals surface area (Å²) in [6.07, 6.45) is 2.57. The Labute approximate surface area is 70.0 Å². The highest BCUT2D eigenvalue weighted by molar-refractivity contribution is 4.77. The maximum atomic E-state index is 3.43. The summed E-state index contributed by atoms with van der Waals surface area (Å²) >= 11 is 0. The molecule has 0 aromatic carbocycles. The second kappa shape index (κ2) is 4.73. The highest BCUT2D eigenvalue weighted by atomic mass is 15.2. The van der Waals surface area contributed by atoms with Gasteiger partial charge >= 0.3 is 0 Å². The Morgan fingerprint density at radius 1 is 1.45 bits per heavy atom. The predicted molar refractivity (Wildman–Crippen MR) is 48.8 cm³/mol. The van der Waals surface area contributed by atoms with E-state index < -0.39 is 0 Å². The normalized spacial score (nSPS) is 27.3. The van der Waals surface area contributed by atoms with Gasteiger partial charge in [0.2, 0.25) is 0 Å². The van der Waals surface area contributed by atoms with Crippen LogP contribution in [0.15, 0.2) is 0 Å². The average molecular weight is 156 g/mol. The summed E-state index contributed by atoms with van der Waals surface area (Å²) in [5, 5.41) is 3.43. The molecule has 66 valence electrons. The first kappa shape index (κ1) is 9.01. The Morgan fingerprint density at radius 3 is 2.91 bits per heavy atom. The summed E-state index contributed by atoms with van der Waals surface area (Å²) in [5.74, 6) is 0. The molecule has 0 bridgehead atoms. The number of nitrogens with zero attached hydrogens (tertiary/aromatic N) is 1. The largest absolute Gasteiger partial charge is 0.314 e. The lowest BCUT2D eigenvalue weighted by atomic mass is 10.1. The van der Waals surface area contributed by atoms with E-state index in [0.29, 0.717) is 0 Å². The number of piperazine rings is 1. The minimum atomic E-state index is 0.795. The van der Waals surface area contributed by atoms with Gasteiger partial charge in [0.05, 0.1) is 0 Å². The van der Waals surface area contributed by atoms with E-state index >= 15 is 0 Å². The summed E-state index contributed by atoms with van der Waals surface area (Å²) in [6.45, 7) is 9.43. The van der Waals surface area contributed by atoms with E-state index in [1.807, 2.05) is 0 Å². The molecule has 0 unspecified atom stereocenters. The van der Waals surface area contributed by atoms with Gasteiger partial charge in [0.1, 0.15) is 0 Å². The maximum absolute atomic E-state index is 3.43. The van der Waals surface area contributed by atoms with Gasteiger partial charge in [-0.3, -0.25) is 4.90 Å². The van der Waals surface area contributed by atoms with Crippen LogP contribution in [0.3, 0.4) is 0 Å². The summed E-state index contributed by atoms with van der Waals surface area (Å²) in [7, 11) is 0. The fraction of sp³-hybridized carbons (Fsp3) is 1.00. The zero-order valence-electron chi connectivity index (χ0n) is 7.77. The number of nitrogens with one attached hydrogen (secondary N) is 1. The smallest absolute Gasteiger partial charge is 0.0218 e. The third kappa shape index (κ3) is 2.46. The topological polar surface area (TPSA) is 15.3 Å². The van der Waals surface area contributed by atoms with Crippen molar-refractivity contribution in [1.29, 1.82) is 0 Å². The van der Waals surface area contributed by atoms with E-state index in [-0.39, 0.29) is 0 Å². The maximum Gasteiger partial charge on any atom is 0.0218 e. The third-order valence-corrected chi connectivity index (χ3v) is 2.45. The standard InChI is InChI=1S/C9H20N2/c1-3-6-11-7-5-10-8-9(11)4-2/h9-10H,3-8H2,1-2H3/t9-/m1/s1. The van der Waals surface area contributed by atoms with Gasteiger partial charge in [0, 0.05) is 25.7 Å². The van der Waals surface area contributed by atoms with Crippen LogP contribution in [0.5, 0.6) is 0 Å². The lowest BCUT2D eigenvalue weighted by molar-refractivity contribution is 0.157. The molecule has 2 nitrogen and oxygen atoms in total. The Hall–Kier alpha value is -0.0800. The molecule has 1 rings (SSSR count). The summed E-state index contributed by atoms with van der Waals surface area (Å²) in [6, 6.07) is 0.795. The molecule has 0 radical (unpaired) electrons. The molecule has 0 aliphatic carbocycles. The molecule has 1 atom stereocenters. The Bertz CT molecular complexity index is 102. The van der Waals surface area contributed by atoms with Crippen molar-refractivity contribution in [2.45, 2.75) is 32.7 Å². The van der Waals surface area contributed by atoms with Crippen molar-refractivity contribution >= 4 is 0 Å². The van der Waals surface area contributed by atoms with Gasteiger partial charge in [0.25, 0.3) is 0 Å². The van der Waals surface area contributed by atoms with Gasteiger partial charge in [-0.2, -0.15) is 0 Å². The minimum Gasteiger partial charge on any atom is -0.314 e. The fourth-order valence-corrected chi connectivity index (χ4v) is 1.79. The number of hydrogen-bond donors (Lipinski definition) is 1. The number of rotatable bonds is 3. The predicted octanol–water partition coefficient (Wildman–Crippen LogP) is 1.08. The molecular formula is C9H20N2. The molecule has 1 heterocycles. The first-order valence-electron chi connectivity index (χ1n) is 4.83. The zero-order valence-corrected chi connectivity index (χ0v) is 7.77. The molecule has 0 aromatic heterocycles. The van der Waals surface area contributed by atoms with Gasteiger partial charge < -0.3 is 5.32 Å². The minimum absolute atomic E-state index is 0.795. The van der Waals surface area contributed by atoms with Crippen molar-refractivity contribution in [3.63, 3.8) is 0 Å². The highest BCUT2D eigenvalue weighted by Crippen LogP contribution is 2.06. The molecule has 1 fully saturated rings. The summed E-state index contributed by atoms with van der Waals surface area (Å²) < 4.78 is 0. The van der Waals surface area contributed by atoms with Crippen LogP contribution in [0.25, 0.3) is 0 Å². The van der Waals surface area contributed by atoms with E-state index in [0.717, 1.165) is 6.04 Å². The van der Waals surface area contributed by atoms with Gasteiger partial charge in [-0.05, 0) is 19.4 Å². The first-order valence-corrected chi connectivity index (χ1v) is 4.83. The molecular weight excluding hydrogens is 136 g/mol. The molecule has 1 N–H and O–H groups in total. The molecule has 1 saturated heterocycles. The van der Waals surface area contributed by atoms with Crippen molar-refractivity contribution in [2.75, 3.05) is 26.2 Å². The van der Waals surface area contributed by atoms with Crippen molar-refractivity contribution in [2.24, 2.45) is 0 Å². The van der Waals surface area contributed by atoms with Crippen LogP contribution < -0.4 is 5.32 Å². The molecule has 1 aliphatic heterocycles. The van der Waals surface area contributed by atoms with Crippen LogP contribution in [0, 0.1) is 0 Å². The van der Waals surface area contributed by atoms with Gasteiger partial charge in [0.15, 0.2) is 0 Å². The lowest BCUT2D eigenvalue weighted by Crippen LogP contribution is -2.50. The quantitative estimate of drug-likeness (QED) is 0.658. The molecule has 11 heavy (non-hydrogen) atoms. The van der Waals surface area contributed by atoms with E-state index in [1.54, 1.807) is 0 Å². The van der Waals surface area contributed by atoms with Crippen molar-refractivity contribution in [3.8, 4) is 0 Å². The lowest BCUT2D eigenvalue weighted by Gasteiger charge is -2.35. The third-order valence-electron chi connectivity index (χ3n) is 2.45. The first-order chi connectivity index (χ1) is 5.38.